The monoisotopic (exact) mass is 177 g/mol. The largest absolute Gasteiger partial charge is 0.396 e. The molecule has 0 aromatic heterocycles. The molecule has 2 N–H and O–H groups in total. The van der Waals surface area contributed by atoms with Crippen molar-refractivity contribution in [2.45, 2.75) is 19.9 Å². The molecule has 2 nitrogen and oxygen atoms in total. The van der Waals surface area contributed by atoms with Crippen LogP contribution in [0.4, 0.5) is 0 Å². The fourth-order valence-corrected chi connectivity index (χ4v) is 1.75. The van der Waals surface area contributed by atoms with Crippen LogP contribution in [-0.2, 0) is 0 Å². The number of rotatable bonds is 6. The summed E-state index contributed by atoms with van der Waals surface area (Å²) in [7, 11) is 1.97. The second-order valence-electron chi connectivity index (χ2n) is 3.01. The Hall–Kier alpha value is 0.270. The molecular weight excluding hydrogens is 158 g/mol. The van der Waals surface area contributed by atoms with Crippen LogP contribution < -0.4 is 5.32 Å². The zero-order valence-corrected chi connectivity index (χ0v) is 8.45. The molecule has 0 fully saturated rings. The summed E-state index contributed by atoms with van der Waals surface area (Å²) in [6, 6.07) is 0.575. The molecule has 0 spiro atoms. The second-order valence-corrected chi connectivity index (χ2v) is 4.09. The topological polar surface area (TPSA) is 32.3 Å². The minimum Gasteiger partial charge on any atom is -0.396 e. The van der Waals surface area contributed by atoms with Crippen molar-refractivity contribution < 1.29 is 5.11 Å². The zero-order valence-electron chi connectivity index (χ0n) is 7.63. The predicted octanol–water partition coefficient (Wildman–Crippen LogP) is 0.956. The van der Waals surface area contributed by atoms with Gasteiger partial charge in [-0.05, 0) is 25.6 Å². The van der Waals surface area contributed by atoms with E-state index in [0.717, 1.165) is 11.5 Å². The van der Waals surface area contributed by atoms with Gasteiger partial charge >= 0.3 is 0 Å². The first-order chi connectivity index (χ1) is 5.20. The quantitative estimate of drug-likeness (QED) is 0.634. The Bertz CT molecular complexity index is 80.2. The highest BCUT2D eigenvalue weighted by atomic mass is 32.2. The van der Waals surface area contributed by atoms with E-state index in [1.54, 1.807) is 0 Å². The van der Waals surface area contributed by atoms with Crippen LogP contribution in [-0.4, -0.2) is 36.3 Å². The lowest BCUT2D eigenvalue weighted by atomic mass is 10.2. The first-order valence-electron chi connectivity index (χ1n) is 4.06. The summed E-state index contributed by atoms with van der Waals surface area (Å²) in [6.07, 6.45) is 0. The highest BCUT2D eigenvalue weighted by molar-refractivity contribution is 7.99. The Morgan fingerprint density at radius 3 is 2.45 bits per heavy atom. The molecule has 0 radical (unpaired) electrons. The van der Waals surface area contributed by atoms with Gasteiger partial charge in [0, 0.05) is 18.4 Å². The van der Waals surface area contributed by atoms with E-state index >= 15 is 0 Å². The van der Waals surface area contributed by atoms with Gasteiger partial charge in [-0.1, -0.05) is 6.92 Å². The first kappa shape index (κ1) is 11.3. The molecule has 0 aliphatic heterocycles. The number of hydrogen-bond donors (Lipinski definition) is 2. The second kappa shape index (κ2) is 6.95. The Kier molecular flexibility index (Phi) is 7.12. The van der Waals surface area contributed by atoms with Crippen LogP contribution in [0.5, 0.6) is 0 Å². The Balaban J connectivity index is 3.13. The molecule has 0 bridgehead atoms. The van der Waals surface area contributed by atoms with Crippen molar-refractivity contribution in [3.63, 3.8) is 0 Å². The van der Waals surface area contributed by atoms with Gasteiger partial charge < -0.3 is 10.4 Å². The highest BCUT2D eigenvalue weighted by Gasteiger charge is 2.01. The van der Waals surface area contributed by atoms with Crippen LogP contribution in [0.3, 0.4) is 0 Å². The molecule has 68 valence electrons. The molecule has 2 atom stereocenters. The summed E-state index contributed by atoms with van der Waals surface area (Å²) in [5.41, 5.74) is 0. The molecule has 0 saturated heterocycles. The van der Waals surface area contributed by atoms with Gasteiger partial charge in [0.1, 0.15) is 0 Å². The number of hydrogen-bond acceptors (Lipinski definition) is 3. The van der Waals surface area contributed by atoms with Crippen molar-refractivity contribution in [3.05, 3.63) is 0 Å². The van der Waals surface area contributed by atoms with Gasteiger partial charge in [-0.2, -0.15) is 11.8 Å². The Labute approximate surface area is 73.8 Å². The van der Waals surface area contributed by atoms with Crippen LogP contribution in [0.2, 0.25) is 0 Å². The first-order valence-corrected chi connectivity index (χ1v) is 5.22. The molecule has 0 aliphatic rings. The van der Waals surface area contributed by atoms with E-state index in [4.69, 9.17) is 5.11 Å². The molecule has 3 heteroatoms. The van der Waals surface area contributed by atoms with Crippen molar-refractivity contribution in [1.82, 2.24) is 5.32 Å². The van der Waals surface area contributed by atoms with Gasteiger partial charge in [0.15, 0.2) is 0 Å². The van der Waals surface area contributed by atoms with Gasteiger partial charge in [0.25, 0.3) is 0 Å². The number of aliphatic hydroxyl groups is 1. The van der Waals surface area contributed by atoms with E-state index in [0.29, 0.717) is 18.6 Å². The maximum atomic E-state index is 8.73. The molecule has 0 aromatic carbocycles. The summed E-state index contributed by atoms with van der Waals surface area (Å²) in [6.45, 7) is 4.54. The summed E-state index contributed by atoms with van der Waals surface area (Å²) in [5.74, 6) is 2.62. The highest BCUT2D eigenvalue weighted by Crippen LogP contribution is 2.08. The number of nitrogens with one attached hydrogen (secondary N) is 1. The number of thioether (sulfide) groups is 1. The summed E-state index contributed by atoms with van der Waals surface area (Å²) in [5, 5.41) is 11.9. The summed E-state index contributed by atoms with van der Waals surface area (Å²) >= 11 is 1.90. The van der Waals surface area contributed by atoms with Gasteiger partial charge in [-0.3, -0.25) is 0 Å². The molecule has 0 amide bonds. The smallest absolute Gasteiger partial charge is 0.0464 e. The molecule has 0 aromatic rings. The van der Waals surface area contributed by atoms with E-state index < -0.39 is 0 Å². The Morgan fingerprint density at radius 2 is 2.00 bits per heavy atom. The van der Waals surface area contributed by atoms with E-state index in [-0.39, 0.29) is 0 Å². The van der Waals surface area contributed by atoms with Gasteiger partial charge in [-0.15, -0.1) is 0 Å². The minimum atomic E-state index is 0.306. The van der Waals surface area contributed by atoms with Crippen molar-refractivity contribution >= 4 is 11.8 Å². The van der Waals surface area contributed by atoms with E-state index in [1.807, 2.05) is 18.8 Å². The van der Waals surface area contributed by atoms with Crippen molar-refractivity contribution in [2.24, 2.45) is 5.92 Å². The maximum Gasteiger partial charge on any atom is 0.0464 e. The average Bonchev–Trinajstić information content (AvgIpc) is 2.04. The molecule has 0 heterocycles. The lowest BCUT2D eigenvalue weighted by molar-refractivity contribution is 0.250. The normalized spacial score (nSPS) is 16.4. The third kappa shape index (κ3) is 6.66. The molecule has 0 saturated carbocycles. The summed E-state index contributed by atoms with van der Waals surface area (Å²) in [4.78, 5) is 0. The van der Waals surface area contributed by atoms with Crippen LogP contribution in [0.1, 0.15) is 13.8 Å². The Morgan fingerprint density at radius 1 is 1.36 bits per heavy atom. The minimum absolute atomic E-state index is 0.306. The van der Waals surface area contributed by atoms with Crippen molar-refractivity contribution in [3.8, 4) is 0 Å². The lowest BCUT2D eigenvalue weighted by Gasteiger charge is -2.11. The molecular formula is C8H19NOS. The van der Waals surface area contributed by atoms with Crippen molar-refractivity contribution in [2.75, 3.05) is 25.2 Å². The standard InChI is InChI=1S/C8H19NOS/c1-7(4-10)5-11-6-8(2)9-3/h7-10H,4-6H2,1-3H3. The molecule has 0 aliphatic carbocycles. The fraction of sp³-hybridized carbons (Fsp3) is 1.00. The predicted molar refractivity (Wildman–Crippen MR) is 52.1 cm³/mol. The third-order valence-electron chi connectivity index (χ3n) is 1.57. The van der Waals surface area contributed by atoms with E-state index in [2.05, 4.69) is 19.2 Å². The lowest BCUT2D eigenvalue weighted by Crippen LogP contribution is -2.24. The SMILES string of the molecule is CNC(C)CSCC(C)CO. The molecule has 2 unspecified atom stereocenters. The van der Waals surface area contributed by atoms with Gasteiger partial charge in [-0.25, -0.2) is 0 Å². The van der Waals surface area contributed by atoms with Gasteiger partial charge in [0.05, 0.1) is 0 Å². The number of aliphatic hydroxyl groups excluding tert-OH is 1. The molecule has 11 heavy (non-hydrogen) atoms. The fourth-order valence-electron chi connectivity index (χ4n) is 0.582. The summed E-state index contributed by atoms with van der Waals surface area (Å²) < 4.78 is 0. The molecule has 0 rings (SSSR count). The van der Waals surface area contributed by atoms with E-state index in [1.165, 1.54) is 0 Å². The van der Waals surface area contributed by atoms with Crippen molar-refractivity contribution in [1.29, 1.82) is 0 Å². The zero-order chi connectivity index (χ0) is 8.69. The van der Waals surface area contributed by atoms with Crippen LogP contribution in [0.15, 0.2) is 0 Å². The van der Waals surface area contributed by atoms with Crippen LogP contribution in [0.25, 0.3) is 0 Å². The van der Waals surface area contributed by atoms with Crippen LogP contribution in [0, 0.1) is 5.92 Å². The van der Waals surface area contributed by atoms with Gasteiger partial charge in [0.2, 0.25) is 0 Å². The van der Waals surface area contributed by atoms with E-state index in [9.17, 15) is 0 Å². The third-order valence-corrected chi connectivity index (χ3v) is 3.12. The average molecular weight is 177 g/mol. The maximum absolute atomic E-state index is 8.73. The van der Waals surface area contributed by atoms with Crippen LogP contribution >= 0.6 is 11.8 Å².